The van der Waals surface area contributed by atoms with Gasteiger partial charge in [0.15, 0.2) is 5.82 Å². The number of thiophene rings is 1. The van der Waals surface area contributed by atoms with Gasteiger partial charge in [0, 0.05) is 11.3 Å². The number of nitrogens with one attached hydrogen (secondary N) is 1. The number of halogens is 1. The van der Waals surface area contributed by atoms with Crippen molar-refractivity contribution in [1.82, 2.24) is 15.5 Å². The first-order valence-corrected chi connectivity index (χ1v) is 6.38. The fourth-order valence-corrected chi connectivity index (χ4v) is 2.65. The number of hydrogen-bond acceptors (Lipinski definition) is 5. The Balaban J connectivity index is 0.00000108. The predicted molar refractivity (Wildman–Crippen MR) is 68.6 cm³/mol. The molecule has 1 saturated heterocycles. The second-order valence-corrected chi connectivity index (χ2v) is 4.99. The fourth-order valence-electron chi connectivity index (χ4n) is 1.95. The van der Waals surface area contributed by atoms with Crippen molar-refractivity contribution in [2.24, 2.45) is 0 Å². The van der Waals surface area contributed by atoms with E-state index in [1.165, 1.54) is 11.3 Å². The molecule has 1 fully saturated rings. The van der Waals surface area contributed by atoms with Crippen LogP contribution in [0.25, 0.3) is 0 Å². The Morgan fingerprint density at radius 1 is 1.53 bits per heavy atom. The van der Waals surface area contributed by atoms with E-state index in [0.717, 1.165) is 31.1 Å². The molecule has 4 nitrogen and oxygen atoms in total. The standard InChI is InChI=1S/C11H13N3OS.ClH/c1-4-9(12-5-1)11-13-10(14-15-11)7-8-3-2-6-16-8;/h2-3,6,9,12H,1,4-5,7H2;1H/t9-;/m0./s1. The first-order valence-electron chi connectivity index (χ1n) is 5.50. The van der Waals surface area contributed by atoms with Crippen molar-refractivity contribution in [2.75, 3.05) is 6.54 Å². The molecule has 1 aliphatic heterocycles. The summed E-state index contributed by atoms with van der Waals surface area (Å²) in [6.45, 7) is 1.05. The van der Waals surface area contributed by atoms with Crippen molar-refractivity contribution in [3.8, 4) is 0 Å². The highest BCUT2D eigenvalue weighted by atomic mass is 35.5. The zero-order valence-corrected chi connectivity index (χ0v) is 10.9. The van der Waals surface area contributed by atoms with Gasteiger partial charge in [-0.15, -0.1) is 23.7 Å². The van der Waals surface area contributed by atoms with Gasteiger partial charge in [0.05, 0.1) is 6.04 Å². The molecule has 1 N–H and O–H groups in total. The molecule has 0 saturated carbocycles. The highest BCUT2D eigenvalue weighted by Crippen LogP contribution is 2.22. The summed E-state index contributed by atoms with van der Waals surface area (Å²) in [5, 5.41) is 9.43. The van der Waals surface area contributed by atoms with Crippen LogP contribution in [0.15, 0.2) is 22.0 Å². The minimum absolute atomic E-state index is 0. The molecule has 3 heterocycles. The Morgan fingerprint density at radius 3 is 3.18 bits per heavy atom. The van der Waals surface area contributed by atoms with Crippen molar-refractivity contribution in [1.29, 1.82) is 0 Å². The molecule has 0 spiro atoms. The van der Waals surface area contributed by atoms with Gasteiger partial charge >= 0.3 is 0 Å². The van der Waals surface area contributed by atoms with Gasteiger partial charge in [-0.1, -0.05) is 11.2 Å². The topological polar surface area (TPSA) is 51.0 Å². The molecule has 0 aliphatic carbocycles. The summed E-state index contributed by atoms with van der Waals surface area (Å²) in [5.41, 5.74) is 0. The van der Waals surface area contributed by atoms with E-state index in [1.807, 2.05) is 6.07 Å². The van der Waals surface area contributed by atoms with Crippen molar-refractivity contribution < 1.29 is 4.52 Å². The van der Waals surface area contributed by atoms with Gasteiger partial charge in [-0.25, -0.2) is 0 Å². The van der Waals surface area contributed by atoms with Crippen LogP contribution in [-0.4, -0.2) is 16.7 Å². The largest absolute Gasteiger partial charge is 0.338 e. The van der Waals surface area contributed by atoms with Gasteiger partial charge < -0.3 is 9.84 Å². The van der Waals surface area contributed by atoms with Gasteiger partial charge in [0.2, 0.25) is 5.89 Å². The molecule has 0 unspecified atom stereocenters. The Bertz CT molecular complexity index is 451. The third-order valence-electron chi connectivity index (χ3n) is 2.75. The third kappa shape index (κ3) is 2.86. The summed E-state index contributed by atoms with van der Waals surface area (Å²) in [4.78, 5) is 5.70. The van der Waals surface area contributed by atoms with E-state index in [1.54, 1.807) is 11.3 Å². The molecule has 0 aromatic carbocycles. The summed E-state index contributed by atoms with van der Waals surface area (Å²) in [5.74, 6) is 1.52. The van der Waals surface area contributed by atoms with Gasteiger partial charge in [-0.2, -0.15) is 4.98 Å². The molecule has 2 aromatic rings. The highest BCUT2D eigenvalue weighted by molar-refractivity contribution is 7.09. The Kier molecular flexibility index (Phi) is 4.15. The van der Waals surface area contributed by atoms with Crippen LogP contribution in [-0.2, 0) is 6.42 Å². The van der Waals surface area contributed by atoms with Crippen LogP contribution in [0.1, 0.15) is 35.5 Å². The minimum atomic E-state index is 0. The highest BCUT2D eigenvalue weighted by Gasteiger charge is 2.22. The first-order chi connectivity index (χ1) is 7.92. The fraction of sp³-hybridized carbons (Fsp3) is 0.455. The lowest BCUT2D eigenvalue weighted by molar-refractivity contribution is 0.341. The summed E-state index contributed by atoms with van der Waals surface area (Å²) in [6, 6.07) is 4.40. The maximum Gasteiger partial charge on any atom is 0.243 e. The summed E-state index contributed by atoms with van der Waals surface area (Å²) >= 11 is 1.72. The number of aromatic nitrogens is 2. The second-order valence-electron chi connectivity index (χ2n) is 3.95. The average Bonchev–Trinajstić information content (AvgIpc) is 2.99. The number of hydrogen-bond donors (Lipinski definition) is 1. The van der Waals surface area contributed by atoms with Gasteiger partial charge in [-0.05, 0) is 30.8 Å². The lowest BCUT2D eigenvalue weighted by Gasteiger charge is -2.01. The molecular formula is C11H14ClN3OS. The van der Waals surface area contributed by atoms with E-state index in [0.29, 0.717) is 0 Å². The molecule has 1 aliphatic rings. The van der Waals surface area contributed by atoms with Gasteiger partial charge in [0.25, 0.3) is 0 Å². The zero-order chi connectivity index (χ0) is 10.8. The Morgan fingerprint density at radius 2 is 2.47 bits per heavy atom. The lowest BCUT2D eigenvalue weighted by Crippen LogP contribution is -2.13. The van der Waals surface area contributed by atoms with Crippen LogP contribution >= 0.6 is 23.7 Å². The van der Waals surface area contributed by atoms with Crippen LogP contribution in [0, 0.1) is 0 Å². The van der Waals surface area contributed by atoms with Crippen LogP contribution in [0.2, 0.25) is 0 Å². The van der Waals surface area contributed by atoms with Crippen molar-refractivity contribution >= 4 is 23.7 Å². The molecule has 6 heteroatoms. The monoisotopic (exact) mass is 271 g/mol. The van der Waals surface area contributed by atoms with E-state index in [-0.39, 0.29) is 18.4 Å². The molecule has 2 aromatic heterocycles. The molecule has 0 amide bonds. The van der Waals surface area contributed by atoms with Crippen molar-refractivity contribution in [3.63, 3.8) is 0 Å². The van der Waals surface area contributed by atoms with Crippen molar-refractivity contribution in [2.45, 2.75) is 25.3 Å². The summed E-state index contributed by atoms with van der Waals surface area (Å²) in [6.07, 6.45) is 3.06. The lowest BCUT2D eigenvalue weighted by atomic mass is 10.2. The molecule has 3 rings (SSSR count). The normalized spacial score (nSPS) is 19.2. The maximum atomic E-state index is 5.28. The molecule has 1 atom stereocenters. The van der Waals surface area contributed by atoms with Crippen LogP contribution in [0.5, 0.6) is 0 Å². The Hall–Kier alpha value is -0.910. The van der Waals surface area contributed by atoms with Crippen molar-refractivity contribution in [3.05, 3.63) is 34.1 Å². The molecular weight excluding hydrogens is 258 g/mol. The number of nitrogens with zero attached hydrogens (tertiary/aromatic N) is 2. The van der Waals surface area contributed by atoms with E-state index in [4.69, 9.17) is 4.52 Å². The minimum Gasteiger partial charge on any atom is -0.338 e. The predicted octanol–water partition coefficient (Wildman–Crippen LogP) is 2.57. The second kappa shape index (κ2) is 5.62. The third-order valence-corrected chi connectivity index (χ3v) is 3.63. The van der Waals surface area contributed by atoms with E-state index in [2.05, 4.69) is 26.9 Å². The molecule has 0 bridgehead atoms. The van der Waals surface area contributed by atoms with E-state index < -0.39 is 0 Å². The number of rotatable bonds is 3. The average molecular weight is 272 g/mol. The quantitative estimate of drug-likeness (QED) is 0.932. The Labute approximate surface area is 110 Å². The summed E-state index contributed by atoms with van der Waals surface area (Å²) < 4.78 is 5.28. The van der Waals surface area contributed by atoms with Gasteiger partial charge in [-0.3, -0.25) is 0 Å². The molecule has 92 valence electrons. The van der Waals surface area contributed by atoms with Crippen LogP contribution < -0.4 is 5.32 Å². The summed E-state index contributed by atoms with van der Waals surface area (Å²) in [7, 11) is 0. The van der Waals surface area contributed by atoms with Crippen LogP contribution in [0.4, 0.5) is 0 Å². The first kappa shape index (κ1) is 12.5. The smallest absolute Gasteiger partial charge is 0.243 e. The maximum absolute atomic E-state index is 5.28. The molecule has 0 radical (unpaired) electrons. The van der Waals surface area contributed by atoms with E-state index >= 15 is 0 Å². The zero-order valence-electron chi connectivity index (χ0n) is 9.26. The SMILES string of the molecule is Cl.c1csc(Cc2noc([C@@H]3CCCN3)n2)c1. The van der Waals surface area contributed by atoms with Crippen LogP contribution in [0.3, 0.4) is 0 Å². The van der Waals surface area contributed by atoms with E-state index in [9.17, 15) is 0 Å². The molecule has 17 heavy (non-hydrogen) atoms. The van der Waals surface area contributed by atoms with Gasteiger partial charge in [0.1, 0.15) is 0 Å².